The minimum absolute atomic E-state index is 0.282. The van der Waals surface area contributed by atoms with E-state index in [2.05, 4.69) is 9.97 Å². The molecule has 0 unspecified atom stereocenters. The van der Waals surface area contributed by atoms with E-state index in [4.69, 9.17) is 14.2 Å². The van der Waals surface area contributed by atoms with Gasteiger partial charge in [0.1, 0.15) is 0 Å². The molecule has 24 heavy (non-hydrogen) atoms. The maximum atomic E-state index is 11.1. The van der Waals surface area contributed by atoms with Crippen molar-refractivity contribution in [3.05, 3.63) is 60.2 Å². The number of benzene rings is 1. The van der Waals surface area contributed by atoms with Crippen LogP contribution in [0.25, 0.3) is 11.4 Å². The molecule has 3 aromatic rings. The third-order valence-corrected chi connectivity index (χ3v) is 3.26. The summed E-state index contributed by atoms with van der Waals surface area (Å²) in [4.78, 5) is 8.60. The Morgan fingerprint density at radius 1 is 0.917 bits per heavy atom. The van der Waals surface area contributed by atoms with Crippen molar-refractivity contribution in [2.24, 2.45) is 0 Å². The molecule has 0 spiro atoms. The number of hydrogen-bond donors (Lipinski definition) is 0. The smallest absolute Gasteiger partial charge is 0.261 e. The van der Waals surface area contributed by atoms with Gasteiger partial charge in [0, 0.05) is 17.7 Å². The van der Waals surface area contributed by atoms with Crippen LogP contribution in [-0.2, 0) is 0 Å². The number of hydrogen-bond acceptors (Lipinski definition) is 6. The van der Waals surface area contributed by atoms with E-state index >= 15 is 0 Å². The molecule has 2 aromatic heterocycles. The fraction of sp³-hybridized carbons (Fsp3) is 0.118. The second-order valence-corrected chi connectivity index (χ2v) is 4.77. The van der Waals surface area contributed by atoms with E-state index in [1.54, 1.807) is 31.4 Å². The van der Waals surface area contributed by atoms with Crippen LogP contribution in [0.5, 0.6) is 23.1 Å². The molecule has 0 amide bonds. The van der Waals surface area contributed by atoms with E-state index in [0.29, 0.717) is 33.4 Å². The van der Waals surface area contributed by atoms with Gasteiger partial charge in [-0.15, -0.1) is 0 Å². The highest BCUT2D eigenvalue weighted by Gasteiger charge is 2.14. The second-order valence-electron chi connectivity index (χ2n) is 4.77. The summed E-state index contributed by atoms with van der Waals surface area (Å²) >= 11 is 0. The Kier molecular flexibility index (Phi) is 4.42. The molecule has 1 aromatic carbocycles. The first-order valence-electron chi connectivity index (χ1n) is 7.12. The van der Waals surface area contributed by atoms with Gasteiger partial charge in [-0.3, -0.25) is 0 Å². The first kappa shape index (κ1) is 15.5. The Bertz CT molecular complexity index is 837. The van der Waals surface area contributed by atoms with E-state index in [-0.39, 0.29) is 5.88 Å². The van der Waals surface area contributed by atoms with Crippen LogP contribution >= 0.6 is 0 Å². The molecule has 122 valence electrons. The molecule has 0 radical (unpaired) electrons. The van der Waals surface area contributed by atoms with Crippen LogP contribution in [0.1, 0.15) is 0 Å². The highest BCUT2D eigenvalue weighted by Crippen LogP contribution is 2.35. The van der Waals surface area contributed by atoms with Crippen molar-refractivity contribution in [1.29, 1.82) is 0 Å². The molecule has 0 atom stereocenters. The molecule has 0 aliphatic carbocycles. The second kappa shape index (κ2) is 6.82. The molecule has 2 heterocycles. The summed E-state index contributed by atoms with van der Waals surface area (Å²) in [6, 6.07) is 10.5. The van der Waals surface area contributed by atoms with Gasteiger partial charge in [0.2, 0.25) is 5.75 Å². The summed E-state index contributed by atoms with van der Waals surface area (Å²) in [5.41, 5.74) is 0.698. The van der Waals surface area contributed by atoms with Gasteiger partial charge in [-0.2, -0.15) is 9.71 Å². The largest absolute Gasteiger partial charge is 0.619 e. The number of rotatable bonds is 5. The summed E-state index contributed by atoms with van der Waals surface area (Å²) < 4.78 is 17.0. The lowest BCUT2D eigenvalue weighted by Gasteiger charge is -2.12. The molecular weight excluding hydrogens is 310 g/mol. The topological polar surface area (TPSA) is 80.4 Å². The normalized spacial score (nSPS) is 10.2. The van der Waals surface area contributed by atoms with Crippen LogP contribution in [-0.4, -0.2) is 24.2 Å². The maximum absolute atomic E-state index is 11.1. The SMILES string of the molecule is COc1ccccc1Oc1cnc(-c2cc[n+]([O-])cc2)nc1OC. The zero-order chi connectivity index (χ0) is 16.9. The minimum Gasteiger partial charge on any atom is -0.619 e. The predicted molar refractivity (Wildman–Crippen MR) is 86.0 cm³/mol. The van der Waals surface area contributed by atoms with Crippen molar-refractivity contribution in [2.75, 3.05) is 14.2 Å². The summed E-state index contributed by atoms with van der Waals surface area (Å²) in [6.07, 6.45) is 4.28. The summed E-state index contributed by atoms with van der Waals surface area (Å²) in [5, 5.41) is 11.1. The van der Waals surface area contributed by atoms with E-state index < -0.39 is 0 Å². The van der Waals surface area contributed by atoms with Gasteiger partial charge in [-0.25, -0.2) is 4.98 Å². The van der Waals surface area contributed by atoms with Crippen molar-refractivity contribution in [3.63, 3.8) is 0 Å². The molecule has 0 saturated heterocycles. The average Bonchev–Trinajstić information content (AvgIpc) is 2.63. The van der Waals surface area contributed by atoms with E-state index in [1.807, 2.05) is 12.1 Å². The number of pyridine rings is 1. The van der Waals surface area contributed by atoms with Gasteiger partial charge in [0.05, 0.1) is 20.4 Å². The van der Waals surface area contributed by atoms with Gasteiger partial charge in [0.25, 0.3) is 5.88 Å². The van der Waals surface area contributed by atoms with Crippen LogP contribution in [0.3, 0.4) is 0 Å². The van der Waals surface area contributed by atoms with E-state index in [0.717, 1.165) is 0 Å². The number of nitrogens with zero attached hydrogens (tertiary/aromatic N) is 3. The van der Waals surface area contributed by atoms with Gasteiger partial charge in [-0.05, 0) is 12.1 Å². The molecule has 0 fully saturated rings. The molecule has 0 saturated carbocycles. The van der Waals surface area contributed by atoms with Crippen LogP contribution in [0.15, 0.2) is 55.0 Å². The lowest BCUT2D eigenvalue weighted by Crippen LogP contribution is -2.23. The van der Waals surface area contributed by atoms with Crippen molar-refractivity contribution in [2.45, 2.75) is 0 Å². The van der Waals surface area contributed by atoms with E-state index in [9.17, 15) is 5.21 Å². The van der Waals surface area contributed by atoms with Crippen LogP contribution in [0.2, 0.25) is 0 Å². The van der Waals surface area contributed by atoms with Gasteiger partial charge < -0.3 is 19.4 Å². The summed E-state index contributed by atoms with van der Waals surface area (Å²) in [7, 11) is 3.06. The molecule has 3 rings (SSSR count). The lowest BCUT2D eigenvalue weighted by molar-refractivity contribution is -0.605. The molecule has 0 aliphatic heterocycles. The third kappa shape index (κ3) is 3.19. The Morgan fingerprint density at radius 3 is 2.29 bits per heavy atom. The van der Waals surface area contributed by atoms with Crippen molar-refractivity contribution in [3.8, 4) is 34.5 Å². The van der Waals surface area contributed by atoms with Crippen molar-refractivity contribution >= 4 is 0 Å². The predicted octanol–water partition coefficient (Wildman–Crippen LogP) is 2.59. The average molecular weight is 325 g/mol. The van der Waals surface area contributed by atoms with Crippen LogP contribution < -0.4 is 18.9 Å². The Labute approximate surface area is 138 Å². The number of ether oxygens (including phenoxy) is 3. The number of methoxy groups -OCH3 is 2. The Hall–Kier alpha value is -3.35. The van der Waals surface area contributed by atoms with Crippen LogP contribution in [0, 0.1) is 5.21 Å². The zero-order valence-corrected chi connectivity index (χ0v) is 13.2. The zero-order valence-electron chi connectivity index (χ0n) is 13.2. The number of aromatic nitrogens is 3. The third-order valence-electron chi connectivity index (χ3n) is 3.26. The Balaban J connectivity index is 1.93. The Morgan fingerprint density at radius 2 is 1.62 bits per heavy atom. The first-order valence-corrected chi connectivity index (χ1v) is 7.12. The van der Waals surface area contributed by atoms with Crippen molar-refractivity contribution < 1.29 is 18.9 Å². The highest BCUT2D eigenvalue weighted by atomic mass is 16.5. The minimum atomic E-state index is 0.282. The highest BCUT2D eigenvalue weighted by molar-refractivity contribution is 5.55. The van der Waals surface area contributed by atoms with Gasteiger partial charge in [0.15, 0.2) is 29.7 Å². The fourth-order valence-electron chi connectivity index (χ4n) is 2.09. The molecule has 7 nitrogen and oxygen atoms in total. The molecule has 0 bridgehead atoms. The monoisotopic (exact) mass is 325 g/mol. The standard InChI is InChI=1S/C17H15N3O4/c1-22-13-5-3-4-6-14(13)24-15-11-18-16(19-17(15)23-2)12-7-9-20(21)10-8-12/h3-11H,1-2H3. The molecule has 7 heteroatoms. The quantitative estimate of drug-likeness (QED) is 0.530. The van der Waals surface area contributed by atoms with Gasteiger partial charge >= 0.3 is 0 Å². The van der Waals surface area contributed by atoms with Crippen molar-refractivity contribution in [1.82, 2.24) is 9.97 Å². The molecular formula is C17H15N3O4. The summed E-state index contributed by atoms with van der Waals surface area (Å²) in [6.45, 7) is 0. The number of para-hydroxylation sites is 2. The lowest BCUT2D eigenvalue weighted by atomic mass is 10.2. The fourth-order valence-corrected chi connectivity index (χ4v) is 2.09. The maximum Gasteiger partial charge on any atom is 0.261 e. The van der Waals surface area contributed by atoms with Gasteiger partial charge in [-0.1, -0.05) is 12.1 Å². The first-order chi connectivity index (χ1) is 11.7. The molecule has 0 aliphatic rings. The summed E-state index contributed by atoms with van der Waals surface area (Å²) in [5.74, 6) is 2.19. The van der Waals surface area contributed by atoms with E-state index in [1.165, 1.54) is 25.7 Å². The molecule has 0 N–H and O–H groups in total. The van der Waals surface area contributed by atoms with Crippen LogP contribution in [0.4, 0.5) is 0 Å².